The molecule has 6 heteroatoms. The van der Waals surface area contributed by atoms with E-state index in [0.717, 1.165) is 16.9 Å². The summed E-state index contributed by atoms with van der Waals surface area (Å²) in [4.78, 5) is 13.8. The maximum Gasteiger partial charge on any atom is 0.339 e. The fraction of sp³-hybridized carbons (Fsp3) is 0.333. The molecule has 0 bridgehead atoms. The lowest BCUT2D eigenvalue weighted by Gasteiger charge is -2.21. The van der Waals surface area contributed by atoms with E-state index in [1.807, 2.05) is 37.1 Å². The topological polar surface area (TPSA) is 47.4 Å². The zero-order valence-corrected chi connectivity index (χ0v) is 13.3. The Labute approximate surface area is 129 Å². The zero-order chi connectivity index (χ0) is 15.6. The SMILES string of the molecule is COC(=O)c1ccccc1N(C)Cc1c(C)nn(C)c1Cl. The van der Waals surface area contributed by atoms with Gasteiger partial charge < -0.3 is 9.64 Å². The Morgan fingerprint density at radius 1 is 1.43 bits per heavy atom. The number of ether oxygens (including phenoxy) is 1. The van der Waals surface area contributed by atoms with E-state index in [2.05, 4.69) is 5.10 Å². The molecular weight excluding hydrogens is 290 g/mol. The molecule has 0 saturated carbocycles. The number of benzene rings is 1. The summed E-state index contributed by atoms with van der Waals surface area (Å²) in [6.45, 7) is 2.48. The van der Waals surface area contributed by atoms with Crippen LogP contribution in [0.25, 0.3) is 0 Å². The first-order valence-corrected chi connectivity index (χ1v) is 6.90. The molecule has 1 aromatic heterocycles. The number of esters is 1. The number of hydrogen-bond acceptors (Lipinski definition) is 4. The monoisotopic (exact) mass is 307 g/mol. The van der Waals surface area contributed by atoms with Crippen molar-refractivity contribution in [2.45, 2.75) is 13.5 Å². The molecule has 0 aliphatic carbocycles. The molecule has 21 heavy (non-hydrogen) atoms. The van der Waals surface area contributed by atoms with Crippen molar-refractivity contribution in [3.63, 3.8) is 0 Å². The highest BCUT2D eigenvalue weighted by Crippen LogP contribution is 2.25. The van der Waals surface area contributed by atoms with E-state index in [9.17, 15) is 4.79 Å². The summed E-state index contributed by atoms with van der Waals surface area (Å²) < 4.78 is 6.47. The minimum atomic E-state index is -0.355. The molecule has 0 saturated heterocycles. The molecule has 0 fully saturated rings. The highest BCUT2D eigenvalue weighted by atomic mass is 35.5. The lowest BCUT2D eigenvalue weighted by atomic mass is 10.1. The van der Waals surface area contributed by atoms with Crippen LogP contribution in [0.4, 0.5) is 5.69 Å². The number of carbonyl (C=O) groups excluding carboxylic acids is 1. The van der Waals surface area contributed by atoms with Gasteiger partial charge in [0.25, 0.3) is 0 Å². The van der Waals surface area contributed by atoms with Crippen molar-refractivity contribution in [1.29, 1.82) is 0 Å². The van der Waals surface area contributed by atoms with Crippen molar-refractivity contribution in [3.05, 3.63) is 46.2 Å². The Bertz CT molecular complexity index is 667. The van der Waals surface area contributed by atoms with Gasteiger partial charge in [-0.1, -0.05) is 23.7 Å². The van der Waals surface area contributed by atoms with Gasteiger partial charge in [0, 0.05) is 26.2 Å². The number of anilines is 1. The fourth-order valence-corrected chi connectivity index (χ4v) is 2.50. The molecule has 2 rings (SSSR count). The van der Waals surface area contributed by atoms with Gasteiger partial charge in [-0.3, -0.25) is 4.68 Å². The molecule has 2 aromatic rings. The molecule has 112 valence electrons. The smallest absolute Gasteiger partial charge is 0.339 e. The van der Waals surface area contributed by atoms with Crippen LogP contribution in [0.3, 0.4) is 0 Å². The van der Waals surface area contributed by atoms with E-state index in [4.69, 9.17) is 16.3 Å². The highest BCUT2D eigenvalue weighted by molar-refractivity contribution is 6.30. The third kappa shape index (κ3) is 3.03. The van der Waals surface area contributed by atoms with Crippen molar-refractivity contribution in [2.75, 3.05) is 19.1 Å². The number of hydrogen-bond donors (Lipinski definition) is 0. The van der Waals surface area contributed by atoms with Gasteiger partial charge in [-0.25, -0.2) is 4.79 Å². The molecule has 0 aliphatic heterocycles. The quantitative estimate of drug-likeness (QED) is 0.815. The summed E-state index contributed by atoms with van der Waals surface area (Å²) in [5.74, 6) is -0.355. The Balaban J connectivity index is 2.33. The van der Waals surface area contributed by atoms with Gasteiger partial charge in [-0.2, -0.15) is 5.10 Å². The summed E-state index contributed by atoms with van der Waals surface area (Å²) >= 11 is 6.26. The molecule has 0 aliphatic rings. The van der Waals surface area contributed by atoms with E-state index < -0.39 is 0 Å². The number of aryl methyl sites for hydroxylation is 2. The van der Waals surface area contributed by atoms with Crippen LogP contribution in [0.1, 0.15) is 21.6 Å². The van der Waals surface area contributed by atoms with Crippen molar-refractivity contribution in [3.8, 4) is 0 Å². The second kappa shape index (κ2) is 6.18. The number of nitrogens with zero attached hydrogens (tertiary/aromatic N) is 3. The summed E-state index contributed by atoms with van der Waals surface area (Å²) in [7, 11) is 5.09. The van der Waals surface area contributed by atoms with Crippen LogP contribution in [-0.4, -0.2) is 29.9 Å². The maximum atomic E-state index is 11.8. The molecule has 0 unspecified atom stereocenters. The normalized spacial score (nSPS) is 10.5. The predicted molar refractivity (Wildman–Crippen MR) is 82.8 cm³/mol. The van der Waals surface area contributed by atoms with Gasteiger partial charge >= 0.3 is 5.97 Å². The maximum absolute atomic E-state index is 11.8. The van der Waals surface area contributed by atoms with E-state index in [1.54, 1.807) is 17.8 Å². The molecule has 0 N–H and O–H groups in total. The third-order valence-corrected chi connectivity index (χ3v) is 3.86. The average Bonchev–Trinajstić information content (AvgIpc) is 2.72. The number of para-hydroxylation sites is 1. The molecule has 5 nitrogen and oxygen atoms in total. The fourth-order valence-electron chi connectivity index (χ4n) is 2.26. The van der Waals surface area contributed by atoms with Gasteiger partial charge in [0.15, 0.2) is 0 Å². The molecule has 1 aromatic carbocycles. The Hall–Kier alpha value is -2.01. The standard InChI is InChI=1S/C15H18ClN3O2/c1-10-12(14(16)19(3)17-10)9-18(2)13-8-6-5-7-11(13)15(20)21-4/h5-8H,9H2,1-4H3. The van der Waals surface area contributed by atoms with Crippen LogP contribution in [0, 0.1) is 6.92 Å². The Morgan fingerprint density at radius 3 is 2.67 bits per heavy atom. The van der Waals surface area contributed by atoms with Crippen molar-refractivity contribution >= 4 is 23.3 Å². The summed E-state index contributed by atoms with van der Waals surface area (Å²) in [6, 6.07) is 7.32. The minimum Gasteiger partial charge on any atom is -0.465 e. The number of aromatic nitrogens is 2. The number of rotatable bonds is 4. The summed E-state index contributed by atoms with van der Waals surface area (Å²) in [6.07, 6.45) is 0. The molecule has 1 heterocycles. The molecule has 0 amide bonds. The van der Waals surface area contributed by atoms with Gasteiger partial charge in [0.2, 0.25) is 0 Å². The van der Waals surface area contributed by atoms with Gasteiger partial charge in [-0.15, -0.1) is 0 Å². The summed E-state index contributed by atoms with van der Waals surface area (Å²) in [5, 5.41) is 4.90. The van der Waals surface area contributed by atoms with Crippen molar-refractivity contribution < 1.29 is 9.53 Å². The zero-order valence-electron chi connectivity index (χ0n) is 12.6. The molecule has 0 radical (unpaired) electrons. The van der Waals surface area contributed by atoms with Crippen LogP contribution in [-0.2, 0) is 18.3 Å². The van der Waals surface area contributed by atoms with Crippen LogP contribution in [0.15, 0.2) is 24.3 Å². The first kappa shape index (κ1) is 15.4. The van der Waals surface area contributed by atoms with Crippen molar-refractivity contribution in [1.82, 2.24) is 9.78 Å². The highest BCUT2D eigenvalue weighted by Gasteiger charge is 2.18. The van der Waals surface area contributed by atoms with Crippen molar-refractivity contribution in [2.24, 2.45) is 7.05 Å². The van der Waals surface area contributed by atoms with Crippen LogP contribution >= 0.6 is 11.6 Å². The molecule has 0 atom stereocenters. The van der Waals surface area contributed by atoms with E-state index in [0.29, 0.717) is 17.3 Å². The lowest BCUT2D eigenvalue weighted by molar-refractivity contribution is 0.0601. The van der Waals surface area contributed by atoms with E-state index in [-0.39, 0.29) is 5.97 Å². The van der Waals surface area contributed by atoms with Crippen LogP contribution < -0.4 is 4.90 Å². The number of methoxy groups -OCH3 is 1. The first-order valence-electron chi connectivity index (χ1n) is 6.52. The lowest BCUT2D eigenvalue weighted by Crippen LogP contribution is -2.20. The minimum absolute atomic E-state index is 0.355. The Kier molecular flexibility index (Phi) is 4.53. The third-order valence-electron chi connectivity index (χ3n) is 3.39. The van der Waals surface area contributed by atoms with Gasteiger partial charge in [-0.05, 0) is 19.1 Å². The second-order valence-corrected chi connectivity index (χ2v) is 5.20. The van der Waals surface area contributed by atoms with Gasteiger partial charge in [0.05, 0.1) is 24.1 Å². The molecule has 0 spiro atoms. The Morgan fingerprint density at radius 2 is 2.10 bits per heavy atom. The van der Waals surface area contributed by atoms with Crippen LogP contribution in [0.5, 0.6) is 0 Å². The van der Waals surface area contributed by atoms with Crippen LogP contribution in [0.2, 0.25) is 5.15 Å². The largest absolute Gasteiger partial charge is 0.465 e. The number of halogens is 1. The first-order chi connectivity index (χ1) is 9.95. The second-order valence-electron chi connectivity index (χ2n) is 4.84. The predicted octanol–water partition coefficient (Wildman–Crippen LogP) is 2.80. The van der Waals surface area contributed by atoms with Gasteiger partial charge in [0.1, 0.15) is 5.15 Å². The van der Waals surface area contributed by atoms with E-state index in [1.165, 1.54) is 7.11 Å². The average molecular weight is 308 g/mol. The summed E-state index contributed by atoms with van der Waals surface area (Å²) in [5.41, 5.74) is 3.15. The number of carbonyl (C=O) groups is 1. The molecular formula is C15H18ClN3O2. The van der Waals surface area contributed by atoms with E-state index >= 15 is 0 Å².